The number of unbranched alkanes of at least 4 members (excludes halogenated alkanes) is 1. The van der Waals surface area contributed by atoms with Crippen LogP contribution in [0.4, 0.5) is 10.5 Å². The van der Waals surface area contributed by atoms with E-state index in [1.807, 2.05) is 31.2 Å². The van der Waals surface area contributed by atoms with Crippen LogP contribution in [0.1, 0.15) is 80.4 Å². The van der Waals surface area contributed by atoms with Crippen molar-refractivity contribution in [2.24, 2.45) is 0 Å². The van der Waals surface area contributed by atoms with Gasteiger partial charge in [-0.3, -0.25) is 14.9 Å². The summed E-state index contributed by atoms with van der Waals surface area (Å²) in [4.78, 5) is 31.4. The van der Waals surface area contributed by atoms with Crippen LogP contribution in [0.3, 0.4) is 0 Å². The van der Waals surface area contributed by atoms with Gasteiger partial charge in [-0.05, 0) is 70.2 Å². The summed E-state index contributed by atoms with van der Waals surface area (Å²) in [7, 11) is 1.50. The van der Waals surface area contributed by atoms with Crippen molar-refractivity contribution in [1.82, 2.24) is 5.06 Å². The first-order valence-corrected chi connectivity index (χ1v) is 12.2. The third kappa shape index (κ3) is 6.04. The van der Waals surface area contributed by atoms with Crippen LogP contribution in [0.25, 0.3) is 0 Å². The number of carbonyl (C=O) groups is 2. The summed E-state index contributed by atoms with van der Waals surface area (Å²) in [6, 6.07) is 13.9. The molecule has 3 rings (SSSR count). The molecule has 1 aliphatic heterocycles. The summed E-state index contributed by atoms with van der Waals surface area (Å²) >= 11 is 0. The molecular weight excluding hydrogens is 440 g/mol. The van der Waals surface area contributed by atoms with Gasteiger partial charge in [0.15, 0.2) is 5.54 Å². The van der Waals surface area contributed by atoms with E-state index >= 15 is 0 Å². The summed E-state index contributed by atoms with van der Waals surface area (Å²) in [5, 5.41) is 4.18. The van der Waals surface area contributed by atoms with Crippen LogP contribution < -0.4 is 5.32 Å². The van der Waals surface area contributed by atoms with Gasteiger partial charge in [0.2, 0.25) is 0 Å². The molecule has 186 valence electrons. The number of aryl methyl sites for hydroxylation is 2. The van der Waals surface area contributed by atoms with E-state index in [0.717, 1.165) is 30.4 Å². The molecule has 1 atom stereocenters. The Morgan fingerprint density at radius 2 is 1.89 bits per heavy atom. The van der Waals surface area contributed by atoms with Crippen LogP contribution in [-0.2, 0) is 21.5 Å². The Morgan fingerprint density at radius 1 is 1.17 bits per heavy atom. The summed E-state index contributed by atoms with van der Waals surface area (Å²) in [6.07, 6.45) is 3.46. The lowest BCUT2D eigenvalue weighted by atomic mass is 9.84. The number of anilines is 1. The molecule has 2 aromatic carbocycles. The number of fused-ring (bicyclic) bond motifs is 1. The summed E-state index contributed by atoms with van der Waals surface area (Å²) in [5.41, 5.74) is 2.39. The Bertz CT molecular complexity index is 1130. The van der Waals surface area contributed by atoms with Gasteiger partial charge in [-0.2, -0.15) is 5.06 Å². The van der Waals surface area contributed by atoms with Crippen LogP contribution in [-0.4, -0.2) is 29.8 Å². The van der Waals surface area contributed by atoms with E-state index < -0.39 is 17.2 Å². The van der Waals surface area contributed by atoms with Crippen molar-refractivity contribution in [1.29, 1.82) is 0 Å². The molecule has 0 fully saturated rings. The second-order valence-corrected chi connectivity index (χ2v) is 9.87. The fraction of sp³-hybridized carbons (Fsp3) is 0.448. The van der Waals surface area contributed by atoms with Gasteiger partial charge in [0.1, 0.15) is 5.60 Å². The molecule has 1 unspecified atom stereocenters. The van der Waals surface area contributed by atoms with Gasteiger partial charge in [-0.25, -0.2) is 4.79 Å². The van der Waals surface area contributed by atoms with E-state index in [-0.39, 0.29) is 5.91 Å². The van der Waals surface area contributed by atoms with Gasteiger partial charge in [0, 0.05) is 17.7 Å². The lowest BCUT2D eigenvalue weighted by molar-refractivity contribution is -0.143. The van der Waals surface area contributed by atoms with Gasteiger partial charge in [0.05, 0.1) is 12.7 Å². The Balaban J connectivity index is 1.98. The highest BCUT2D eigenvalue weighted by atomic mass is 16.7. The molecule has 0 aromatic heterocycles. The molecule has 2 amide bonds. The van der Waals surface area contributed by atoms with Crippen molar-refractivity contribution in [3.8, 4) is 11.8 Å². The monoisotopic (exact) mass is 476 g/mol. The van der Waals surface area contributed by atoms with E-state index in [9.17, 15) is 9.59 Å². The predicted molar refractivity (Wildman–Crippen MR) is 138 cm³/mol. The number of ether oxygens (including phenoxy) is 1. The highest BCUT2D eigenvalue weighted by Gasteiger charge is 2.50. The zero-order valence-electron chi connectivity index (χ0n) is 21.7. The lowest BCUT2D eigenvalue weighted by Gasteiger charge is -2.33. The molecule has 6 nitrogen and oxygen atoms in total. The molecule has 35 heavy (non-hydrogen) atoms. The zero-order chi connectivity index (χ0) is 25.6. The fourth-order valence-electron chi connectivity index (χ4n) is 4.32. The van der Waals surface area contributed by atoms with Gasteiger partial charge >= 0.3 is 6.09 Å². The third-order valence-electron chi connectivity index (χ3n) is 5.96. The van der Waals surface area contributed by atoms with Gasteiger partial charge in [-0.15, -0.1) is 5.92 Å². The van der Waals surface area contributed by atoms with Crippen LogP contribution in [0.15, 0.2) is 42.5 Å². The number of nitrogens with one attached hydrogen (secondary N) is 1. The molecular formula is C29H36N2O4. The van der Waals surface area contributed by atoms with Crippen LogP contribution >= 0.6 is 0 Å². The Kier molecular flexibility index (Phi) is 8.24. The number of hydroxylamine groups is 2. The maximum absolute atomic E-state index is 13.4. The maximum Gasteiger partial charge on any atom is 0.412 e. The number of amides is 2. The van der Waals surface area contributed by atoms with Gasteiger partial charge in [-0.1, -0.05) is 49.6 Å². The number of carbonyl (C=O) groups excluding carboxylic acids is 2. The van der Waals surface area contributed by atoms with Gasteiger partial charge < -0.3 is 4.74 Å². The van der Waals surface area contributed by atoms with E-state index in [0.29, 0.717) is 24.1 Å². The number of nitrogens with zero attached hydrogens (tertiary/aromatic N) is 1. The van der Waals surface area contributed by atoms with Crippen LogP contribution in [0.5, 0.6) is 0 Å². The summed E-state index contributed by atoms with van der Waals surface area (Å²) < 4.78 is 5.39. The molecule has 0 bridgehead atoms. The van der Waals surface area contributed by atoms with E-state index in [2.05, 4.69) is 36.2 Å². The van der Waals surface area contributed by atoms with Crippen molar-refractivity contribution in [2.75, 3.05) is 12.4 Å². The van der Waals surface area contributed by atoms with Crippen molar-refractivity contribution < 1.29 is 19.2 Å². The Labute approximate surface area is 208 Å². The quantitative estimate of drug-likeness (QED) is 0.471. The second kappa shape index (κ2) is 11.0. The smallest absolute Gasteiger partial charge is 0.412 e. The summed E-state index contributed by atoms with van der Waals surface area (Å²) in [5.74, 6) is 6.49. The maximum atomic E-state index is 13.4. The number of rotatable bonds is 7. The minimum absolute atomic E-state index is 0.261. The molecule has 1 heterocycles. The molecule has 0 radical (unpaired) electrons. The van der Waals surface area contributed by atoms with Crippen molar-refractivity contribution in [2.45, 2.75) is 77.9 Å². The first-order valence-electron chi connectivity index (χ1n) is 12.2. The topological polar surface area (TPSA) is 67.9 Å². The first-order chi connectivity index (χ1) is 16.6. The van der Waals surface area contributed by atoms with E-state index in [1.54, 1.807) is 26.8 Å². The molecule has 6 heteroatoms. The lowest BCUT2D eigenvalue weighted by Crippen LogP contribution is -2.42. The molecule has 0 spiro atoms. The standard InChI is InChI=1S/C29H36N2O4/c1-7-8-17-29(18-13-12-16-22-14-10-9-11-15-22)24-19-21(2)25(30-27(33)35-28(3,4)5)20-23(24)26(32)31(29)34-6/h9-11,14-15,19-20H,7-8,12,16-17H2,1-6H3,(H,30,33). The number of hydrogen-bond acceptors (Lipinski definition) is 4. The molecule has 1 aliphatic rings. The normalized spacial score (nSPS) is 17.0. The molecule has 0 saturated heterocycles. The van der Waals surface area contributed by atoms with Gasteiger partial charge in [0.25, 0.3) is 5.91 Å². The number of hydrogen-bond donors (Lipinski definition) is 1. The highest BCUT2D eigenvalue weighted by Crippen LogP contribution is 2.44. The second-order valence-electron chi connectivity index (χ2n) is 9.87. The summed E-state index contributed by atoms with van der Waals surface area (Å²) in [6.45, 7) is 9.44. The van der Waals surface area contributed by atoms with Crippen molar-refractivity contribution in [3.05, 3.63) is 64.7 Å². The predicted octanol–water partition coefficient (Wildman–Crippen LogP) is 6.38. The van der Waals surface area contributed by atoms with Crippen molar-refractivity contribution in [3.63, 3.8) is 0 Å². The van der Waals surface area contributed by atoms with E-state index in [4.69, 9.17) is 9.57 Å². The average molecular weight is 477 g/mol. The highest BCUT2D eigenvalue weighted by molar-refractivity contribution is 6.02. The van der Waals surface area contributed by atoms with Crippen molar-refractivity contribution >= 4 is 17.7 Å². The fourth-order valence-corrected chi connectivity index (χ4v) is 4.32. The average Bonchev–Trinajstić information content (AvgIpc) is 3.02. The first kappa shape index (κ1) is 26.3. The largest absolute Gasteiger partial charge is 0.444 e. The van der Waals surface area contributed by atoms with Crippen LogP contribution in [0.2, 0.25) is 0 Å². The Hall–Kier alpha value is -3.30. The zero-order valence-corrected chi connectivity index (χ0v) is 21.7. The molecule has 0 aliphatic carbocycles. The SMILES string of the molecule is CCCCC1(C#CCCc2ccccc2)c2cc(C)c(NC(=O)OC(C)(C)C)cc2C(=O)N1OC. The minimum Gasteiger partial charge on any atom is -0.444 e. The molecule has 1 N–H and O–H groups in total. The number of benzene rings is 2. The minimum atomic E-state index is -0.872. The third-order valence-corrected chi connectivity index (χ3v) is 5.96. The molecule has 2 aromatic rings. The van der Waals surface area contributed by atoms with E-state index in [1.165, 1.54) is 17.7 Å². The van der Waals surface area contributed by atoms with Crippen LogP contribution in [0, 0.1) is 18.8 Å². The Morgan fingerprint density at radius 3 is 2.51 bits per heavy atom. The molecule has 0 saturated carbocycles.